The predicted octanol–water partition coefficient (Wildman–Crippen LogP) is 0.824. The van der Waals surface area contributed by atoms with E-state index in [1.165, 1.54) is 0 Å². The highest BCUT2D eigenvalue weighted by molar-refractivity contribution is 5.81. The Bertz CT molecular complexity index is 632. The molecule has 112 valence electrons. The van der Waals surface area contributed by atoms with E-state index >= 15 is 0 Å². The van der Waals surface area contributed by atoms with E-state index in [0.717, 1.165) is 30.5 Å². The van der Waals surface area contributed by atoms with Crippen molar-refractivity contribution in [1.82, 2.24) is 14.9 Å². The van der Waals surface area contributed by atoms with Gasteiger partial charge in [0.15, 0.2) is 0 Å². The molecule has 0 bridgehead atoms. The van der Waals surface area contributed by atoms with Crippen LogP contribution < -0.4 is 5.32 Å². The number of hydrogen-bond donors (Lipinski definition) is 2. The summed E-state index contributed by atoms with van der Waals surface area (Å²) in [6, 6.07) is 7.55. The van der Waals surface area contributed by atoms with Crippen LogP contribution in [0.1, 0.15) is 18.7 Å². The van der Waals surface area contributed by atoms with Gasteiger partial charge >= 0.3 is 0 Å². The zero-order chi connectivity index (χ0) is 14.7. The average Bonchev–Trinajstić information content (AvgIpc) is 3.13. The molecule has 2 aromatic rings. The Balaban J connectivity index is 1.69. The van der Waals surface area contributed by atoms with Crippen molar-refractivity contribution in [3.63, 3.8) is 0 Å². The second-order valence-corrected chi connectivity index (χ2v) is 5.20. The SMILES string of the molecule is O=C(Cn1c(CO)nc2ccccc21)NCC1CCCO1. The molecule has 3 rings (SSSR count). The van der Waals surface area contributed by atoms with Crippen molar-refractivity contribution in [2.45, 2.75) is 32.1 Å². The number of imidazole rings is 1. The largest absolute Gasteiger partial charge is 0.388 e. The topological polar surface area (TPSA) is 76.4 Å². The minimum atomic E-state index is -0.187. The quantitative estimate of drug-likeness (QED) is 0.854. The molecule has 1 saturated heterocycles. The summed E-state index contributed by atoms with van der Waals surface area (Å²) >= 11 is 0. The molecule has 21 heavy (non-hydrogen) atoms. The highest BCUT2D eigenvalue weighted by Gasteiger charge is 2.17. The van der Waals surface area contributed by atoms with Gasteiger partial charge in [-0.3, -0.25) is 4.79 Å². The Morgan fingerprint density at radius 2 is 2.33 bits per heavy atom. The number of nitrogens with zero attached hydrogens (tertiary/aromatic N) is 2. The Morgan fingerprint density at radius 1 is 1.48 bits per heavy atom. The lowest BCUT2D eigenvalue weighted by molar-refractivity contribution is -0.122. The first-order valence-electron chi connectivity index (χ1n) is 7.21. The lowest BCUT2D eigenvalue weighted by Crippen LogP contribution is -2.34. The summed E-state index contributed by atoms with van der Waals surface area (Å²) in [6.45, 7) is 1.29. The molecule has 0 spiro atoms. The standard InChI is InChI=1S/C15H19N3O3/c19-10-14-17-12-5-1-2-6-13(12)18(14)9-15(20)16-8-11-4-3-7-21-11/h1-2,5-6,11,19H,3-4,7-10H2,(H,16,20). The van der Waals surface area contributed by atoms with Crippen LogP contribution in [0.4, 0.5) is 0 Å². The van der Waals surface area contributed by atoms with Gasteiger partial charge in [0.2, 0.25) is 5.91 Å². The van der Waals surface area contributed by atoms with Crippen molar-refractivity contribution in [2.24, 2.45) is 0 Å². The maximum atomic E-state index is 12.1. The first kappa shape index (κ1) is 14.0. The summed E-state index contributed by atoms with van der Waals surface area (Å²) in [5.41, 5.74) is 1.64. The molecule has 6 heteroatoms. The van der Waals surface area contributed by atoms with E-state index in [9.17, 15) is 9.90 Å². The number of ether oxygens (including phenoxy) is 1. The van der Waals surface area contributed by atoms with Crippen LogP contribution >= 0.6 is 0 Å². The van der Waals surface area contributed by atoms with Crippen molar-refractivity contribution >= 4 is 16.9 Å². The molecular weight excluding hydrogens is 270 g/mol. The fraction of sp³-hybridized carbons (Fsp3) is 0.467. The van der Waals surface area contributed by atoms with E-state index in [-0.39, 0.29) is 25.2 Å². The average molecular weight is 289 g/mol. The van der Waals surface area contributed by atoms with Crippen LogP contribution in [0.2, 0.25) is 0 Å². The maximum absolute atomic E-state index is 12.1. The number of nitrogens with one attached hydrogen (secondary N) is 1. The number of hydrogen-bond acceptors (Lipinski definition) is 4. The van der Waals surface area contributed by atoms with Crippen LogP contribution in [0, 0.1) is 0 Å². The molecule has 1 aromatic heterocycles. The number of aliphatic hydroxyl groups is 1. The number of benzene rings is 1. The Kier molecular flexibility index (Phi) is 4.17. The van der Waals surface area contributed by atoms with Gasteiger partial charge in [-0.15, -0.1) is 0 Å². The highest BCUT2D eigenvalue weighted by Crippen LogP contribution is 2.16. The van der Waals surface area contributed by atoms with E-state index in [1.807, 2.05) is 24.3 Å². The molecule has 0 aliphatic carbocycles. The van der Waals surface area contributed by atoms with Crippen molar-refractivity contribution < 1.29 is 14.6 Å². The summed E-state index contributed by atoms with van der Waals surface area (Å²) in [5, 5.41) is 12.3. The molecule has 2 N–H and O–H groups in total. The zero-order valence-corrected chi connectivity index (χ0v) is 11.8. The first-order chi connectivity index (χ1) is 10.3. The third-order valence-corrected chi connectivity index (χ3v) is 3.73. The van der Waals surface area contributed by atoms with E-state index in [1.54, 1.807) is 4.57 Å². The summed E-state index contributed by atoms with van der Waals surface area (Å²) in [7, 11) is 0. The van der Waals surface area contributed by atoms with Crippen LogP contribution in [0.5, 0.6) is 0 Å². The van der Waals surface area contributed by atoms with Crippen LogP contribution in [0.25, 0.3) is 11.0 Å². The number of fused-ring (bicyclic) bond motifs is 1. The monoisotopic (exact) mass is 289 g/mol. The number of amides is 1. The second-order valence-electron chi connectivity index (χ2n) is 5.20. The fourth-order valence-corrected chi connectivity index (χ4v) is 2.66. The highest BCUT2D eigenvalue weighted by atomic mass is 16.5. The zero-order valence-electron chi connectivity index (χ0n) is 11.8. The number of aliphatic hydroxyl groups excluding tert-OH is 1. The van der Waals surface area contributed by atoms with Crippen molar-refractivity contribution in [3.05, 3.63) is 30.1 Å². The van der Waals surface area contributed by atoms with Gasteiger partial charge in [0.1, 0.15) is 19.0 Å². The van der Waals surface area contributed by atoms with Gasteiger partial charge in [0, 0.05) is 13.2 Å². The van der Waals surface area contributed by atoms with Crippen molar-refractivity contribution in [3.8, 4) is 0 Å². The number of aromatic nitrogens is 2. The van der Waals surface area contributed by atoms with Gasteiger partial charge in [-0.25, -0.2) is 4.98 Å². The number of carbonyl (C=O) groups is 1. The van der Waals surface area contributed by atoms with Crippen LogP contribution in [0.3, 0.4) is 0 Å². The lowest BCUT2D eigenvalue weighted by Gasteiger charge is -2.12. The molecule has 1 amide bonds. The maximum Gasteiger partial charge on any atom is 0.240 e. The molecule has 1 unspecified atom stereocenters. The van der Waals surface area contributed by atoms with E-state index in [4.69, 9.17) is 4.74 Å². The summed E-state index contributed by atoms with van der Waals surface area (Å²) in [4.78, 5) is 16.4. The summed E-state index contributed by atoms with van der Waals surface area (Å²) < 4.78 is 7.23. The van der Waals surface area contributed by atoms with Crippen LogP contribution in [-0.4, -0.2) is 39.8 Å². The lowest BCUT2D eigenvalue weighted by atomic mass is 10.2. The Labute approximate surface area is 122 Å². The second kappa shape index (κ2) is 6.24. The molecule has 6 nitrogen and oxygen atoms in total. The minimum absolute atomic E-state index is 0.0941. The van der Waals surface area contributed by atoms with Crippen LogP contribution in [0.15, 0.2) is 24.3 Å². The van der Waals surface area contributed by atoms with Gasteiger partial charge in [0.25, 0.3) is 0 Å². The number of rotatable bonds is 5. The van der Waals surface area contributed by atoms with E-state index in [2.05, 4.69) is 10.3 Å². The molecule has 0 saturated carbocycles. The molecule has 1 aliphatic rings. The van der Waals surface area contributed by atoms with E-state index in [0.29, 0.717) is 12.4 Å². The van der Waals surface area contributed by atoms with Crippen LogP contribution in [-0.2, 0) is 22.7 Å². The van der Waals surface area contributed by atoms with Gasteiger partial charge in [0.05, 0.1) is 17.1 Å². The molecule has 1 aliphatic heterocycles. The molecule has 1 aromatic carbocycles. The molecule has 1 atom stereocenters. The minimum Gasteiger partial charge on any atom is -0.388 e. The molecule has 2 heterocycles. The van der Waals surface area contributed by atoms with Gasteiger partial charge in [-0.2, -0.15) is 0 Å². The summed E-state index contributed by atoms with van der Waals surface area (Å²) in [5.74, 6) is 0.409. The molecular formula is C15H19N3O3. The van der Waals surface area contributed by atoms with Gasteiger partial charge in [-0.1, -0.05) is 12.1 Å². The predicted molar refractivity (Wildman–Crippen MR) is 77.6 cm³/mol. The molecule has 1 fully saturated rings. The first-order valence-corrected chi connectivity index (χ1v) is 7.21. The third kappa shape index (κ3) is 3.06. The number of para-hydroxylation sites is 2. The normalized spacial score (nSPS) is 18.2. The smallest absolute Gasteiger partial charge is 0.240 e. The number of carbonyl (C=O) groups excluding carboxylic acids is 1. The Morgan fingerprint density at radius 3 is 3.10 bits per heavy atom. The third-order valence-electron chi connectivity index (χ3n) is 3.73. The fourth-order valence-electron chi connectivity index (χ4n) is 2.66. The van der Waals surface area contributed by atoms with Crippen molar-refractivity contribution in [2.75, 3.05) is 13.2 Å². The van der Waals surface area contributed by atoms with Gasteiger partial charge < -0.3 is 19.7 Å². The summed E-state index contributed by atoms with van der Waals surface area (Å²) in [6.07, 6.45) is 2.18. The van der Waals surface area contributed by atoms with E-state index < -0.39 is 0 Å². The van der Waals surface area contributed by atoms with Crippen molar-refractivity contribution in [1.29, 1.82) is 0 Å². The molecule has 0 radical (unpaired) electrons. The Hall–Kier alpha value is -1.92. The van der Waals surface area contributed by atoms with Gasteiger partial charge in [-0.05, 0) is 25.0 Å².